The number of amides is 1. The molecule has 0 spiro atoms. The molecule has 1 amide bonds. The molecule has 0 aromatic heterocycles. The molecule has 0 radical (unpaired) electrons. The van der Waals surface area contributed by atoms with Crippen molar-refractivity contribution in [2.45, 2.75) is 25.7 Å². The molecule has 1 aromatic carbocycles. The van der Waals surface area contributed by atoms with E-state index in [2.05, 4.69) is 5.32 Å². The highest BCUT2D eigenvalue weighted by atomic mass is 35.5. The maximum Gasteiger partial charge on any atom is 0.271 e. The quantitative estimate of drug-likeness (QED) is 0.659. The summed E-state index contributed by atoms with van der Waals surface area (Å²) in [6.07, 6.45) is 3.90. The molecule has 21 heavy (non-hydrogen) atoms. The summed E-state index contributed by atoms with van der Waals surface area (Å²) in [4.78, 5) is 22.5. The van der Waals surface area contributed by atoms with Gasteiger partial charge in [0, 0.05) is 18.1 Å². The van der Waals surface area contributed by atoms with Gasteiger partial charge in [-0.3, -0.25) is 14.9 Å². The minimum Gasteiger partial charge on any atom is -0.330 e. The molecule has 0 aliphatic heterocycles. The summed E-state index contributed by atoms with van der Waals surface area (Å²) in [6.45, 7) is 0.492. The standard InChI is InChI=1S/C14H18ClN3O3/c15-12-7-10(18(20)21)5-6-13(12)17-14(19)11-4-2-1-3-9(11)8-16/h5-7,9,11H,1-4,8,16H2,(H,17,19). The number of non-ortho nitro benzene ring substituents is 1. The highest BCUT2D eigenvalue weighted by Gasteiger charge is 2.30. The molecular weight excluding hydrogens is 294 g/mol. The van der Waals surface area contributed by atoms with E-state index in [1.54, 1.807) is 0 Å². The maximum atomic E-state index is 12.3. The van der Waals surface area contributed by atoms with Gasteiger partial charge in [0.15, 0.2) is 0 Å². The van der Waals surface area contributed by atoms with E-state index in [0.717, 1.165) is 25.7 Å². The molecule has 0 saturated heterocycles. The monoisotopic (exact) mass is 311 g/mol. The van der Waals surface area contributed by atoms with E-state index in [-0.39, 0.29) is 28.5 Å². The molecule has 2 rings (SSSR count). The fourth-order valence-corrected chi connectivity index (χ4v) is 3.00. The number of nitro groups is 1. The van der Waals surface area contributed by atoms with Gasteiger partial charge in [-0.2, -0.15) is 0 Å². The van der Waals surface area contributed by atoms with E-state index in [0.29, 0.717) is 12.2 Å². The number of benzene rings is 1. The lowest BCUT2D eigenvalue weighted by Crippen LogP contribution is -2.35. The van der Waals surface area contributed by atoms with E-state index < -0.39 is 4.92 Å². The average Bonchev–Trinajstić information content (AvgIpc) is 2.48. The smallest absolute Gasteiger partial charge is 0.271 e. The summed E-state index contributed by atoms with van der Waals surface area (Å²) in [5, 5.41) is 13.6. The molecule has 114 valence electrons. The van der Waals surface area contributed by atoms with Crippen molar-refractivity contribution in [3.63, 3.8) is 0 Å². The van der Waals surface area contributed by atoms with Crippen LogP contribution in [-0.4, -0.2) is 17.4 Å². The second-order valence-corrected chi connectivity index (χ2v) is 5.70. The Morgan fingerprint density at radius 2 is 2.14 bits per heavy atom. The summed E-state index contributed by atoms with van der Waals surface area (Å²) in [6, 6.07) is 4.01. The van der Waals surface area contributed by atoms with Gasteiger partial charge in [-0.05, 0) is 31.4 Å². The fourth-order valence-electron chi connectivity index (χ4n) is 2.78. The van der Waals surface area contributed by atoms with Crippen molar-refractivity contribution < 1.29 is 9.72 Å². The molecule has 0 bridgehead atoms. The Balaban J connectivity index is 2.10. The van der Waals surface area contributed by atoms with Crippen molar-refractivity contribution in [3.05, 3.63) is 33.3 Å². The van der Waals surface area contributed by atoms with Gasteiger partial charge in [-0.15, -0.1) is 0 Å². The van der Waals surface area contributed by atoms with Crippen LogP contribution in [0.25, 0.3) is 0 Å². The summed E-state index contributed by atoms with van der Waals surface area (Å²) in [5.74, 6) is -0.0357. The number of carbonyl (C=O) groups excluding carboxylic acids is 1. The number of nitrogens with one attached hydrogen (secondary N) is 1. The van der Waals surface area contributed by atoms with Crippen LogP contribution >= 0.6 is 11.6 Å². The van der Waals surface area contributed by atoms with Crippen LogP contribution in [0.1, 0.15) is 25.7 Å². The number of halogens is 1. The third kappa shape index (κ3) is 3.71. The summed E-state index contributed by atoms with van der Waals surface area (Å²) in [7, 11) is 0. The summed E-state index contributed by atoms with van der Waals surface area (Å²) >= 11 is 5.98. The molecule has 3 N–H and O–H groups in total. The number of nitrogens with zero attached hydrogens (tertiary/aromatic N) is 1. The largest absolute Gasteiger partial charge is 0.330 e. The third-order valence-electron chi connectivity index (χ3n) is 3.97. The zero-order chi connectivity index (χ0) is 15.4. The summed E-state index contributed by atoms with van der Waals surface area (Å²) < 4.78 is 0. The zero-order valence-electron chi connectivity index (χ0n) is 11.5. The number of nitro benzene ring substituents is 1. The number of carbonyl (C=O) groups is 1. The van der Waals surface area contributed by atoms with Crippen molar-refractivity contribution in [2.75, 3.05) is 11.9 Å². The molecular formula is C14H18ClN3O3. The second-order valence-electron chi connectivity index (χ2n) is 5.30. The van der Waals surface area contributed by atoms with E-state index in [9.17, 15) is 14.9 Å². The topological polar surface area (TPSA) is 98.3 Å². The SMILES string of the molecule is NCC1CCCCC1C(=O)Nc1ccc([N+](=O)[O-])cc1Cl. The molecule has 2 unspecified atom stereocenters. The van der Waals surface area contributed by atoms with Gasteiger partial charge in [0.05, 0.1) is 15.6 Å². The average molecular weight is 312 g/mol. The normalized spacial score (nSPS) is 21.8. The third-order valence-corrected chi connectivity index (χ3v) is 4.28. The first-order chi connectivity index (χ1) is 10.0. The molecule has 1 fully saturated rings. The van der Waals surface area contributed by atoms with Crippen LogP contribution in [0.4, 0.5) is 11.4 Å². The molecule has 7 heteroatoms. The van der Waals surface area contributed by atoms with Crippen molar-refractivity contribution in [1.29, 1.82) is 0 Å². The van der Waals surface area contributed by atoms with Crippen LogP contribution < -0.4 is 11.1 Å². The number of hydrogen-bond acceptors (Lipinski definition) is 4. The van der Waals surface area contributed by atoms with Gasteiger partial charge in [-0.1, -0.05) is 24.4 Å². The van der Waals surface area contributed by atoms with Gasteiger partial charge < -0.3 is 11.1 Å². The number of hydrogen-bond donors (Lipinski definition) is 2. The minimum absolute atomic E-state index is 0.101. The van der Waals surface area contributed by atoms with E-state index in [1.807, 2.05) is 0 Å². The minimum atomic E-state index is -0.525. The van der Waals surface area contributed by atoms with E-state index in [4.69, 9.17) is 17.3 Å². The molecule has 1 aliphatic rings. The lowest BCUT2D eigenvalue weighted by atomic mass is 9.78. The highest BCUT2D eigenvalue weighted by Crippen LogP contribution is 2.32. The number of nitrogens with two attached hydrogens (primary N) is 1. The Morgan fingerprint density at radius 3 is 2.76 bits per heavy atom. The highest BCUT2D eigenvalue weighted by molar-refractivity contribution is 6.34. The predicted octanol–water partition coefficient (Wildman–Crippen LogP) is 2.95. The predicted molar refractivity (Wildman–Crippen MR) is 81.2 cm³/mol. The second kappa shape index (κ2) is 6.87. The van der Waals surface area contributed by atoms with Crippen LogP contribution in [0.2, 0.25) is 5.02 Å². The van der Waals surface area contributed by atoms with Gasteiger partial charge in [0.2, 0.25) is 5.91 Å². The Morgan fingerprint density at radius 1 is 1.43 bits per heavy atom. The van der Waals surface area contributed by atoms with Crippen molar-refractivity contribution in [3.8, 4) is 0 Å². The zero-order valence-corrected chi connectivity index (χ0v) is 12.3. The van der Waals surface area contributed by atoms with Crippen LogP contribution in [-0.2, 0) is 4.79 Å². The van der Waals surface area contributed by atoms with Crippen molar-refractivity contribution in [1.82, 2.24) is 0 Å². The van der Waals surface area contributed by atoms with Crippen LogP contribution in [0.3, 0.4) is 0 Å². The molecule has 0 heterocycles. The fraction of sp³-hybridized carbons (Fsp3) is 0.500. The molecule has 2 atom stereocenters. The first kappa shape index (κ1) is 15.7. The Labute approximate surface area is 127 Å². The Bertz CT molecular complexity index is 550. The van der Waals surface area contributed by atoms with Crippen LogP contribution in [0, 0.1) is 22.0 Å². The summed E-state index contributed by atoms with van der Waals surface area (Å²) in [5.41, 5.74) is 6.02. The van der Waals surface area contributed by atoms with Gasteiger partial charge >= 0.3 is 0 Å². The Kier molecular flexibility index (Phi) is 5.14. The van der Waals surface area contributed by atoms with Crippen LogP contribution in [0.15, 0.2) is 18.2 Å². The maximum absolute atomic E-state index is 12.3. The van der Waals surface area contributed by atoms with Crippen molar-refractivity contribution >= 4 is 28.9 Å². The lowest BCUT2D eigenvalue weighted by molar-refractivity contribution is -0.384. The van der Waals surface area contributed by atoms with E-state index in [1.165, 1.54) is 18.2 Å². The van der Waals surface area contributed by atoms with Gasteiger partial charge in [0.1, 0.15) is 0 Å². The lowest BCUT2D eigenvalue weighted by Gasteiger charge is -2.29. The molecule has 1 saturated carbocycles. The first-order valence-corrected chi connectivity index (χ1v) is 7.35. The van der Waals surface area contributed by atoms with E-state index >= 15 is 0 Å². The van der Waals surface area contributed by atoms with Gasteiger partial charge in [-0.25, -0.2) is 0 Å². The molecule has 1 aromatic rings. The van der Waals surface area contributed by atoms with Crippen molar-refractivity contribution in [2.24, 2.45) is 17.6 Å². The molecule has 6 nitrogen and oxygen atoms in total. The first-order valence-electron chi connectivity index (χ1n) is 6.97. The molecule has 1 aliphatic carbocycles. The number of rotatable bonds is 4. The Hall–Kier alpha value is -1.66. The van der Waals surface area contributed by atoms with Crippen LogP contribution in [0.5, 0.6) is 0 Å². The number of anilines is 1. The van der Waals surface area contributed by atoms with Gasteiger partial charge in [0.25, 0.3) is 5.69 Å².